The highest BCUT2D eigenvalue weighted by Crippen LogP contribution is 2.16. The van der Waals surface area contributed by atoms with Crippen molar-refractivity contribution >= 4 is 5.91 Å². The number of hydrogen-bond acceptors (Lipinski definition) is 4. The topological polar surface area (TPSA) is 80.6 Å². The molecule has 2 N–H and O–H groups in total. The van der Waals surface area contributed by atoms with Crippen molar-refractivity contribution in [2.75, 3.05) is 13.2 Å². The molecule has 26 heavy (non-hydrogen) atoms. The maximum Gasteiger partial charge on any atom is 0.271 e. The van der Waals surface area contributed by atoms with Crippen molar-refractivity contribution in [3.63, 3.8) is 0 Å². The van der Waals surface area contributed by atoms with Crippen LogP contribution >= 0.6 is 0 Å². The summed E-state index contributed by atoms with van der Waals surface area (Å²) in [6, 6.07) is 10.8. The number of pyridine rings is 1. The second kappa shape index (κ2) is 10.4. The quantitative estimate of drug-likeness (QED) is 0.639. The minimum absolute atomic E-state index is 0.0118. The summed E-state index contributed by atoms with van der Waals surface area (Å²) in [6.45, 7) is 2.88. The number of benzene rings is 1. The SMILES string of the molecule is CCCCCNC(=O)c1c(OCc2ccccc2)c(=O)ccn1CCO. The molecule has 0 aliphatic rings. The van der Waals surface area contributed by atoms with Gasteiger partial charge in [-0.15, -0.1) is 0 Å². The Morgan fingerprint density at radius 1 is 1.19 bits per heavy atom. The maximum absolute atomic E-state index is 12.7. The van der Waals surface area contributed by atoms with Crippen LogP contribution in [0.3, 0.4) is 0 Å². The van der Waals surface area contributed by atoms with Crippen LogP contribution in [-0.4, -0.2) is 28.7 Å². The van der Waals surface area contributed by atoms with Gasteiger partial charge in [-0.1, -0.05) is 50.1 Å². The van der Waals surface area contributed by atoms with Gasteiger partial charge in [-0.3, -0.25) is 9.59 Å². The largest absolute Gasteiger partial charge is 0.483 e. The van der Waals surface area contributed by atoms with Crippen molar-refractivity contribution in [1.29, 1.82) is 0 Å². The summed E-state index contributed by atoms with van der Waals surface area (Å²) in [4.78, 5) is 25.0. The standard InChI is InChI=1S/C20H26N2O4/c1-2-3-7-11-21-20(25)18-19(17(24)10-12-22(18)13-14-23)26-15-16-8-5-4-6-9-16/h4-6,8-10,12,23H,2-3,7,11,13-15H2,1H3,(H,21,25). The number of rotatable bonds is 10. The lowest BCUT2D eigenvalue weighted by Crippen LogP contribution is -2.31. The van der Waals surface area contributed by atoms with E-state index in [1.165, 1.54) is 12.3 Å². The molecule has 2 rings (SSSR count). The van der Waals surface area contributed by atoms with E-state index in [4.69, 9.17) is 4.74 Å². The van der Waals surface area contributed by atoms with Gasteiger partial charge in [0.1, 0.15) is 6.61 Å². The van der Waals surface area contributed by atoms with Crippen LogP contribution in [0.2, 0.25) is 0 Å². The maximum atomic E-state index is 12.7. The first kappa shape index (κ1) is 19.7. The number of carbonyl (C=O) groups is 1. The molecular formula is C20H26N2O4. The van der Waals surface area contributed by atoms with E-state index in [2.05, 4.69) is 12.2 Å². The smallest absolute Gasteiger partial charge is 0.271 e. The van der Waals surface area contributed by atoms with Gasteiger partial charge in [0.15, 0.2) is 11.4 Å². The third-order valence-electron chi connectivity index (χ3n) is 3.98. The first-order valence-electron chi connectivity index (χ1n) is 8.96. The number of aliphatic hydroxyl groups excluding tert-OH is 1. The molecule has 1 amide bonds. The van der Waals surface area contributed by atoms with E-state index in [1.54, 1.807) is 4.57 Å². The zero-order valence-corrected chi connectivity index (χ0v) is 15.1. The minimum atomic E-state index is -0.365. The molecule has 0 bridgehead atoms. The van der Waals surface area contributed by atoms with Crippen molar-refractivity contribution in [1.82, 2.24) is 9.88 Å². The summed E-state index contributed by atoms with van der Waals surface area (Å²) in [5.74, 6) is -0.354. The van der Waals surface area contributed by atoms with Gasteiger partial charge in [0.05, 0.1) is 6.61 Å². The zero-order valence-electron chi connectivity index (χ0n) is 15.1. The number of nitrogens with zero attached hydrogens (tertiary/aromatic N) is 1. The molecule has 0 aliphatic carbocycles. The number of hydrogen-bond donors (Lipinski definition) is 2. The molecule has 6 heteroatoms. The molecule has 0 unspecified atom stereocenters. The number of aliphatic hydroxyl groups is 1. The fourth-order valence-corrected chi connectivity index (χ4v) is 2.61. The van der Waals surface area contributed by atoms with Crippen LogP contribution in [-0.2, 0) is 13.2 Å². The highest BCUT2D eigenvalue weighted by molar-refractivity contribution is 5.95. The van der Waals surface area contributed by atoms with Gasteiger partial charge < -0.3 is 19.7 Å². The Labute approximate surface area is 153 Å². The summed E-state index contributed by atoms with van der Waals surface area (Å²) >= 11 is 0. The normalized spacial score (nSPS) is 10.5. The summed E-state index contributed by atoms with van der Waals surface area (Å²) in [7, 11) is 0. The van der Waals surface area contributed by atoms with Crippen molar-refractivity contribution in [3.8, 4) is 5.75 Å². The molecule has 0 saturated carbocycles. The van der Waals surface area contributed by atoms with Gasteiger partial charge in [0, 0.05) is 25.4 Å². The van der Waals surface area contributed by atoms with Crippen LogP contribution in [0.4, 0.5) is 0 Å². The molecule has 0 spiro atoms. The Bertz CT molecular complexity index is 756. The number of unbranched alkanes of at least 4 members (excludes halogenated alkanes) is 2. The Balaban J connectivity index is 2.25. The van der Waals surface area contributed by atoms with Crippen molar-refractivity contribution < 1.29 is 14.6 Å². The molecule has 1 aromatic carbocycles. The molecule has 0 fully saturated rings. The average Bonchev–Trinajstić information content (AvgIpc) is 2.66. The molecule has 2 aromatic rings. The third kappa shape index (κ3) is 5.46. The van der Waals surface area contributed by atoms with Gasteiger partial charge >= 0.3 is 0 Å². The fourth-order valence-electron chi connectivity index (χ4n) is 2.61. The van der Waals surface area contributed by atoms with Crippen molar-refractivity contribution in [2.24, 2.45) is 0 Å². The van der Waals surface area contributed by atoms with Crippen molar-refractivity contribution in [2.45, 2.75) is 39.3 Å². The Morgan fingerprint density at radius 2 is 1.96 bits per heavy atom. The minimum Gasteiger partial charge on any atom is -0.483 e. The Kier molecular flexibility index (Phi) is 7.89. The predicted octanol–water partition coefficient (Wildman–Crippen LogP) is 2.34. The van der Waals surface area contributed by atoms with E-state index >= 15 is 0 Å². The first-order valence-corrected chi connectivity index (χ1v) is 8.96. The van der Waals surface area contributed by atoms with Crippen LogP contribution in [0.5, 0.6) is 5.75 Å². The second-order valence-corrected chi connectivity index (χ2v) is 6.01. The summed E-state index contributed by atoms with van der Waals surface area (Å²) in [6.07, 6.45) is 4.46. The van der Waals surface area contributed by atoms with Gasteiger partial charge in [-0.2, -0.15) is 0 Å². The number of aromatic nitrogens is 1. The fraction of sp³-hybridized carbons (Fsp3) is 0.400. The summed E-state index contributed by atoms with van der Waals surface area (Å²) in [5.41, 5.74) is 0.701. The molecule has 1 aromatic heterocycles. The van der Waals surface area contributed by atoms with Crippen LogP contribution in [0.15, 0.2) is 47.4 Å². The monoisotopic (exact) mass is 358 g/mol. The Hall–Kier alpha value is -2.60. The van der Waals surface area contributed by atoms with Crippen LogP contribution < -0.4 is 15.5 Å². The van der Waals surface area contributed by atoms with Gasteiger partial charge in [-0.25, -0.2) is 0 Å². The van der Waals surface area contributed by atoms with Gasteiger partial charge in [-0.05, 0) is 12.0 Å². The molecule has 6 nitrogen and oxygen atoms in total. The van der Waals surface area contributed by atoms with Crippen LogP contribution in [0, 0.1) is 0 Å². The van der Waals surface area contributed by atoms with E-state index in [0.29, 0.717) is 6.54 Å². The molecule has 1 heterocycles. The third-order valence-corrected chi connectivity index (χ3v) is 3.98. The Morgan fingerprint density at radius 3 is 2.65 bits per heavy atom. The number of ether oxygens (including phenoxy) is 1. The van der Waals surface area contributed by atoms with E-state index < -0.39 is 0 Å². The van der Waals surface area contributed by atoms with Crippen LogP contribution in [0.1, 0.15) is 42.2 Å². The van der Waals surface area contributed by atoms with E-state index in [1.807, 2.05) is 30.3 Å². The van der Waals surface area contributed by atoms with Crippen molar-refractivity contribution in [3.05, 3.63) is 64.1 Å². The van der Waals surface area contributed by atoms with E-state index in [9.17, 15) is 14.7 Å². The highest BCUT2D eigenvalue weighted by atomic mass is 16.5. The molecule has 0 radical (unpaired) electrons. The highest BCUT2D eigenvalue weighted by Gasteiger charge is 2.20. The lowest BCUT2D eigenvalue weighted by molar-refractivity contribution is 0.0935. The summed E-state index contributed by atoms with van der Waals surface area (Å²) < 4.78 is 7.27. The molecule has 0 saturated heterocycles. The second-order valence-electron chi connectivity index (χ2n) is 6.01. The molecule has 0 atom stereocenters. The number of amides is 1. The zero-order chi connectivity index (χ0) is 18.8. The average molecular weight is 358 g/mol. The predicted molar refractivity (Wildman–Crippen MR) is 100 cm³/mol. The first-order chi connectivity index (χ1) is 12.7. The molecule has 140 valence electrons. The van der Waals surface area contributed by atoms with E-state index in [0.717, 1.165) is 24.8 Å². The molecular weight excluding hydrogens is 332 g/mol. The summed E-state index contributed by atoms with van der Waals surface area (Å²) in [5, 5.41) is 12.1. The lowest BCUT2D eigenvalue weighted by atomic mass is 10.2. The van der Waals surface area contributed by atoms with E-state index in [-0.39, 0.29) is 42.5 Å². The number of nitrogens with one attached hydrogen (secondary N) is 1. The lowest BCUT2D eigenvalue weighted by Gasteiger charge is -2.16. The number of carbonyl (C=O) groups excluding carboxylic acids is 1. The van der Waals surface area contributed by atoms with Crippen LogP contribution in [0.25, 0.3) is 0 Å². The van der Waals surface area contributed by atoms with Gasteiger partial charge in [0.2, 0.25) is 5.43 Å². The molecule has 0 aliphatic heterocycles. The van der Waals surface area contributed by atoms with Gasteiger partial charge in [0.25, 0.3) is 5.91 Å².